The van der Waals surface area contributed by atoms with E-state index in [0.29, 0.717) is 19.5 Å². The van der Waals surface area contributed by atoms with Crippen molar-refractivity contribution in [2.45, 2.75) is 26.4 Å². The van der Waals surface area contributed by atoms with Crippen molar-refractivity contribution in [3.05, 3.63) is 54.2 Å². The molecule has 0 radical (unpaired) electrons. The van der Waals surface area contributed by atoms with Crippen molar-refractivity contribution in [1.82, 2.24) is 5.32 Å². The van der Waals surface area contributed by atoms with Gasteiger partial charge in [0.05, 0.1) is 19.2 Å². The van der Waals surface area contributed by atoms with Gasteiger partial charge >= 0.3 is 0 Å². The highest BCUT2D eigenvalue weighted by atomic mass is 16.3. The van der Waals surface area contributed by atoms with Crippen LogP contribution in [0.3, 0.4) is 0 Å². The van der Waals surface area contributed by atoms with E-state index in [1.165, 1.54) is 5.56 Å². The maximum Gasteiger partial charge on any atom is 0.226 e. The molecule has 0 aliphatic carbocycles. The lowest BCUT2D eigenvalue weighted by atomic mass is 10.3. The Balaban J connectivity index is 1.73. The van der Waals surface area contributed by atoms with E-state index in [1.54, 1.807) is 6.26 Å². The highest BCUT2D eigenvalue weighted by Crippen LogP contribution is 1.98. The van der Waals surface area contributed by atoms with Crippen molar-refractivity contribution in [2.75, 3.05) is 0 Å². The van der Waals surface area contributed by atoms with Gasteiger partial charge < -0.3 is 9.73 Å². The van der Waals surface area contributed by atoms with Gasteiger partial charge in [-0.15, -0.1) is 0 Å². The summed E-state index contributed by atoms with van der Waals surface area (Å²) in [5.74, 6) is 0.797. The molecule has 0 saturated heterocycles. The Bertz CT molecular complexity index is 489. The Kier molecular flexibility index (Phi) is 4.12. The molecular weight excluding hydrogens is 228 g/mol. The first kappa shape index (κ1) is 12.4. The molecule has 2 heterocycles. The molecule has 94 valence electrons. The maximum absolute atomic E-state index is 11.6. The van der Waals surface area contributed by atoms with Gasteiger partial charge in [-0.3, -0.25) is 4.79 Å². The highest BCUT2D eigenvalue weighted by Gasteiger charge is 2.06. The third-order valence-electron chi connectivity index (χ3n) is 2.69. The van der Waals surface area contributed by atoms with E-state index in [9.17, 15) is 4.79 Å². The van der Waals surface area contributed by atoms with Crippen LogP contribution < -0.4 is 9.88 Å². The van der Waals surface area contributed by atoms with Crippen molar-refractivity contribution in [2.24, 2.45) is 0 Å². The number of rotatable bonds is 5. The zero-order valence-electron chi connectivity index (χ0n) is 10.4. The number of nitrogens with zero attached hydrogens (tertiary/aromatic N) is 1. The first-order chi connectivity index (χ1) is 8.74. The standard InChI is InChI=1S/C14H16N2O2/c1-12-4-7-16(8-5-12)9-6-14(17)15-11-13-3-2-10-18-13/h2-5,7-8,10H,6,9,11H2,1H3/p+1. The molecule has 0 bridgehead atoms. The molecule has 4 heteroatoms. The fourth-order valence-corrected chi connectivity index (χ4v) is 1.60. The zero-order chi connectivity index (χ0) is 12.8. The molecule has 0 aromatic carbocycles. The minimum absolute atomic E-state index is 0.0273. The molecule has 0 spiro atoms. The molecule has 2 aromatic heterocycles. The summed E-state index contributed by atoms with van der Waals surface area (Å²) >= 11 is 0. The van der Waals surface area contributed by atoms with E-state index in [-0.39, 0.29) is 5.91 Å². The Morgan fingerprint density at radius 3 is 2.78 bits per heavy atom. The van der Waals surface area contributed by atoms with Gasteiger partial charge in [-0.2, -0.15) is 0 Å². The molecule has 2 aromatic rings. The van der Waals surface area contributed by atoms with Crippen LogP contribution in [0.1, 0.15) is 17.7 Å². The van der Waals surface area contributed by atoms with Crippen molar-refractivity contribution in [3.8, 4) is 0 Å². The number of hydrogen-bond acceptors (Lipinski definition) is 2. The maximum atomic E-state index is 11.6. The van der Waals surface area contributed by atoms with Gasteiger partial charge in [-0.1, -0.05) is 0 Å². The van der Waals surface area contributed by atoms with E-state index in [2.05, 4.69) is 5.32 Å². The summed E-state index contributed by atoms with van der Waals surface area (Å²) in [4.78, 5) is 11.6. The van der Waals surface area contributed by atoms with Crippen LogP contribution >= 0.6 is 0 Å². The molecule has 0 atom stereocenters. The lowest BCUT2D eigenvalue weighted by Crippen LogP contribution is -2.36. The van der Waals surface area contributed by atoms with Gasteiger partial charge in [0.2, 0.25) is 5.91 Å². The van der Waals surface area contributed by atoms with Gasteiger partial charge in [-0.05, 0) is 24.6 Å². The SMILES string of the molecule is Cc1cc[n+](CCC(=O)NCc2ccco2)cc1. The van der Waals surface area contributed by atoms with Crippen molar-refractivity contribution in [3.63, 3.8) is 0 Å². The normalized spacial score (nSPS) is 10.3. The van der Waals surface area contributed by atoms with Crippen LogP contribution in [-0.4, -0.2) is 5.91 Å². The molecule has 18 heavy (non-hydrogen) atoms. The monoisotopic (exact) mass is 245 g/mol. The van der Waals surface area contributed by atoms with E-state index in [0.717, 1.165) is 5.76 Å². The predicted octanol–water partition coefficient (Wildman–Crippen LogP) is 1.58. The van der Waals surface area contributed by atoms with Gasteiger partial charge in [0.15, 0.2) is 18.9 Å². The van der Waals surface area contributed by atoms with Crippen LogP contribution in [0.15, 0.2) is 47.3 Å². The number of carbonyl (C=O) groups excluding carboxylic acids is 1. The van der Waals surface area contributed by atoms with E-state index in [4.69, 9.17) is 4.42 Å². The molecular formula is C14H17N2O2+. The summed E-state index contributed by atoms with van der Waals surface area (Å²) in [6, 6.07) is 7.71. The van der Waals surface area contributed by atoms with Crippen LogP contribution in [0.5, 0.6) is 0 Å². The number of pyridine rings is 1. The minimum atomic E-state index is 0.0273. The molecule has 1 amide bonds. The molecule has 2 rings (SSSR count). The Hall–Kier alpha value is -2.10. The minimum Gasteiger partial charge on any atom is -0.467 e. The third-order valence-corrected chi connectivity index (χ3v) is 2.69. The van der Waals surface area contributed by atoms with Crippen LogP contribution in [0.2, 0.25) is 0 Å². The number of furan rings is 1. The van der Waals surface area contributed by atoms with Crippen LogP contribution in [0.25, 0.3) is 0 Å². The fraction of sp³-hybridized carbons (Fsp3) is 0.286. The second kappa shape index (κ2) is 6.00. The van der Waals surface area contributed by atoms with Gasteiger partial charge in [-0.25, -0.2) is 4.57 Å². The Morgan fingerprint density at radius 2 is 2.11 bits per heavy atom. The van der Waals surface area contributed by atoms with Gasteiger partial charge in [0, 0.05) is 12.1 Å². The first-order valence-electron chi connectivity index (χ1n) is 5.99. The van der Waals surface area contributed by atoms with E-state index < -0.39 is 0 Å². The summed E-state index contributed by atoms with van der Waals surface area (Å²) in [6.07, 6.45) is 6.03. The molecule has 0 aliphatic rings. The third kappa shape index (κ3) is 3.73. The number of aryl methyl sites for hydroxylation is 2. The summed E-state index contributed by atoms with van der Waals surface area (Å²) in [5.41, 5.74) is 1.22. The van der Waals surface area contributed by atoms with Crippen molar-refractivity contribution < 1.29 is 13.8 Å². The lowest BCUT2D eigenvalue weighted by molar-refractivity contribution is -0.695. The summed E-state index contributed by atoms with van der Waals surface area (Å²) < 4.78 is 7.14. The van der Waals surface area contributed by atoms with Crippen molar-refractivity contribution in [1.29, 1.82) is 0 Å². The first-order valence-corrected chi connectivity index (χ1v) is 5.99. The predicted molar refractivity (Wildman–Crippen MR) is 66.5 cm³/mol. The summed E-state index contributed by atoms with van der Waals surface area (Å²) in [7, 11) is 0. The van der Waals surface area contributed by atoms with Crippen LogP contribution in [0, 0.1) is 6.92 Å². The molecule has 1 N–H and O–H groups in total. The smallest absolute Gasteiger partial charge is 0.226 e. The number of nitrogens with one attached hydrogen (secondary N) is 1. The number of amides is 1. The van der Waals surface area contributed by atoms with Crippen LogP contribution in [0.4, 0.5) is 0 Å². The van der Waals surface area contributed by atoms with Crippen LogP contribution in [-0.2, 0) is 17.9 Å². The number of carbonyl (C=O) groups is 1. The molecule has 0 aliphatic heterocycles. The zero-order valence-corrected chi connectivity index (χ0v) is 10.4. The average molecular weight is 245 g/mol. The Labute approximate surface area is 106 Å². The lowest BCUT2D eigenvalue weighted by Gasteiger charge is -2.01. The Morgan fingerprint density at radius 1 is 1.33 bits per heavy atom. The summed E-state index contributed by atoms with van der Waals surface area (Å²) in [5, 5.41) is 2.82. The average Bonchev–Trinajstić information content (AvgIpc) is 2.89. The second-order valence-corrected chi connectivity index (χ2v) is 4.22. The van der Waals surface area contributed by atoms with E-state index in [1.807, 2.05) is 48.1 Å². The quantitative estimate of drug-likeness (QED) is 0.813. The molecule has 0 unspecified atom stereocenters. The largest absolute Gasteiger partial charge is 0.467 e. The highest BCUT2D eigenvalue weighted by molar-refractivity contribution is 5.75. The van der Waals surface area contributed by atoms with Gasteiger partial charge in [0.25, 0.3) is 0 Å². The fourth-order valence-electron chi connectivity index (χ4n) is 1.60. The number of aromatic nitrogens is 1. The molecule has 0 fully saturated rings. The molecule has 0 saturated carbocycles. The topological polar surface area (TPSA) is 46.1 Å². The van der Waals surface area contributed by atoms with E-state index >= 15 is 0 Å². The van der Waals surface area contributed by atoms with Gasteiger partial charge in [0.1, 0.15) is 5.76 Å². The number of hydrogen-bond donors (Lipinski definition) is 1. The van der Waals surface area contributed by atoms with Crippen molar-refractivity contribution >= 4 is 5.91 Å². The summed E-state index contributed by atoms with van der Waals surface area (Å²) in [6.45, 7) is 3.18. The second-order valence-electron chi connectivity index (χ2n) is 4.22. The molecule has 4 nitrogen and oxygen atoms in total.